The molecule has 1 saturated heterocycles. The number of tetrazole rings is 1. The monoisotopic (exact) mass is 315 g/mol. The molecule has 2 aromatic rings. The van der Waals surface area contributed by atoms with Crippen molar-refractivity contribution in [3.05, 3.63) is 35.7 Å². The van der Waals surface area contributed by atoms with E-state index in [2.05, 4.69) is 22.4 Å². The van der Waals surface area contributed by atoms with Crippen molar-refractivity contribution in [1.82, 2.24) is 25.1 Å². The summed E-state index contributed by atoms with van der Waals surface area (Å²) in [7, 11) is 1.76. The van der Waals surface area contributed by atoms with E-state index < -0.39 is 0 Å². The van der Waals surface area contributed by atoms with E-state index >= 15 is 0 Å². The molecular weight excluding hydrogens is 294 g/mol. The topological polar surface area (TPSA) is 73.1 Å². The molecule has 1 aliphatic rings. The van der Waals surface area contributed by atoms with Crippen LogP contribution in [0.2, 0.25) is 0 Å². The number of likely N-dealkylation sites (tertiary alicyclic amines) is 1. The minimum atomic E-state index is 0.0978. The normalized spacial score (nSPS) is 18.0. The molecule has 0 N–H and O–H groups in total. The quantitative estimate of drug-likeness (QED) is 0.858. The van der Waals surface area contributed by atoms with Crippen LogP contribution in [0.25, 0.3) is 0 Å². The summed E-state index contributed by atoms with van der Waals surface area (Å²) in [5.74, 6) is 2.01. The van der Waals surface area contributed by atoms with Crippen LogP contribution in [0.5, 0.6) is 5.75 Å². The zero-order chi connectivity index (χ0) is 16.2. The van der Waals surface area contributed by atoms with Crippen LogP contribution in [0, 0.1) is 5.92 Å². The fourth-order valence-electron chi connectivity index (χ4n) is 2.77. The zero-order valence-corrected chi connectivity index (χ0v) is 13.5. The van der Waals surface area contributed by atoms with Gasteiger partial charge in [0.05, 0.1) is 0 Å². The van der Waals surface area contributed by atoms with Crippen LogP contribution in [-0.4, -0.2) is 44.1 Å². The molecule has 1 aromatic heterocycles. The maximum Gasteiger partial charge on any atom is 0.253 e. The van der Waals surface area contributed by atoms with E-state index in [4.69, 9.17) is 4.74 Å². The van der Waals surface area contributed by atoms with Gasteiger partial charge in [-0.25, -0.2) is 4.68 Å². The predicted molar refractivity (Wildman–Crippen MR) is 83.9 cm³/mol. The summed E-state index contributed by atoms with van der Waals surface area (Å²) < 4.78 is 7.21. The lowest BCUT2D eigenvalue weighted by Crippen LogP contribution is -2.39. The molecule has 122 valence electrons. The van der Waals surface area contributed by atoms with Crippen LogP contribution in [0.1, 0.15) is 35.9 Å². The fourth-order valence-corrected chi connectivity index (χ4v) is 2.77. The molecule has 1 amide bonds. The first-order chi connectivity index (χ1) is 11.1. The van der Waals surface area contributed by atoms with E-state index in [1.54, 1.807) is 11.7 Å². The van der Waals surface area contributed by atoms with Crippen LogP contribution in [-0.2, 0) is 13.7 Å². The highest BCUT2D eigenvalue weighted by molar-refractivity contribution is 5.94. The first-order valence-electron chi connectivity index (χ1n) is 7.87. The van der Waals surface area contributed by atoms with Gasteiger partial charge in [0.1, 0.15) is 12.4 Å². The summed E-state index contributed by atoms with van der Waals surface area (Å²) >= 11 is 0. The molecule has 0 spiro atoms. The van der Waals surface area contributed by atoms with Gasteiger partial charge in [-0.05, 0) is 53.5 Å². The van der Waals surface area contributed by atoms with Crippen LogP contribution >= 0.6 is 0 Å². The Kier molecular flexibility index (Phi) is 4.55. The summed E-state index contributed by atoms with van der Waals surface area (Å²) in [6.45, 7) is 4.18. The molecule has 23 heavy (non-hydrogen) atoms. The number of rotatable bonds is 4. The highest BCUT2D eigenvalue weighted by Crippen LogP contribution is 2.19. The number of amides is 1. The smallest absolute Gasteiger partial charge is 0.253 e. The average Bonchev–Trinajstić information content (AvgIpc) is 2.98. The van der Waals surface area contributed by atoms with Crippen molar-refractivity contribution < 1.29 is 9.53 Å². The largest absolute Gasteiger partial charge is 0.486 e. The summed E-state index contributed by atoms with van der Waals surface area (Å²) in [4.78, 5) is 14.4. The van der Waals surface area contributed by atoms with E-state index in [9.17, 15) is 4.79 Å². The Morgan fingerprint density at radius 3 is 2.78 bits per heavy atom. The minimum Gasteiger partial charge on any atom is -0.486 e. The maximum absolute atomic E-state index is 12.5. The number of carbonyl (C=O) groups is 1. The van der Waals surface area contributed by atoms with Crippen molar-refractivity contribution in [2.45, 2.75) is 26.4 Å². The third-order valence-corrected chi connectivity index (χ3v) is 4.12. The Morgan fingerprint density at radius 1 is 1.35 bits per heavy atom. The van der Waals surface area contributed by atoms with Crippen LogP contribution in [0.3, 0.4) is 0 Å². The van der Waals surface area contributed by atoms with Gasteiger partial charge in [-0.15, -0.1) is 5.10 Å². The summed E-state index contributed by atoms with van der Waals surface area (Å²) in [5, 5.41) is 11.2. The molecule has 7 heteroatoms. The van der Waals surface area contributed by atoms with E-state index in [1.165, 1.54) is 6.42 Å². The number of nitrogens with zero attached hydrogens (tertiary/aromatic N) is 5. The molecule has 0 saturated carbocycles. The van der Waals surface area contributed by atoms with Gasteiger partial charge in [0.2, 0.25) is 0 Å². The second kappa shape index (κ2) is 6.76. The number of hydrogen-bond donors (Lipinski definition) is 0. The van der Waals surface area contributed by atoms with Crippen molar-refractivity contribution in [3.8, 4) is 5.75 Å². The summed E-state index contributed by atoms with van der Waals surface area (Å²) in [6.07, 6.45) is 2.29. The average molecular weight is 315 g/mol. The zero-order valence-electron chi connectivity index (χ0n) is 13.5. The lowest BCUT2D eigenvalue weighted by molar-refractivity contribution is 0.0683. The van der Waals surface area contributed by atoms with Gasteiger partial charge in [-0.1, -0.05) is 6.92 Å². The Bertz CT molecular complexity index is 667. The van der Waals surface area contributed by atoms with E-state index in [0.717, 1.165) is 19.5 Å². The molecule has 3 rings (SSSR count). The van der Waals surface area contributed by atoms with Crippen molar-refractivity contribution in [2.75, 3.05) is 13.1 Å². The molecule has 0 radical (unpaired) electrons. The standard InChI is InChI=1S/C16H21N5O2/c1-12-4-3-9-21(10-12)16(22)13-5-7-14(8-6-13)23-11-15-17-18-19-20(15)2/h5-8,12H,3-4,9-11H2,1-2H3/t12-/m0/s1. The lowest BCUT2D eigenvalue weighted by atomic mass is 9.99. The minimum absolute atomic E-state index is 0.0978. The van der Waals surface area contributed by atoms with Gasteiger partial charge in [-0.2, -0.15) is 0 Å². The third kappa shape index (κ3) is 3.67. The predicted octanol–water partition coefficient (Wildman–Crippen LogP) is 1.66. The molecule has 1 atom stereocenters. The van der Waals surface area contributed by atoms with E-state index in [-0.39, 0.29) is 5.91 Å². The van der Waals surface area contributed by atoms with Crippen LogP contribution in [0.15, 0.2) is 24.3 Å². The lowest BCUT2D eigenvalue weighted by Gasteiger charge is -2.31. The van der Waals surface area contributed by atoms with E-state index in [1.807, 2.05) is 29.2 Å². The van der Waals surface area contributed by atoms with Crippen molar-refractivity contribution in [3.63, 3.8) is 0 Å². The van der Waals surface area contributed by atoms with Gasteiger partial charge < -0.3 is 9.64 Å². The maximum atomic E-state index is 12.5. The van der Waals surface area contributed by atoms with Crippen molar-refractivity contribution in [2.24, 2.45) is 13.0 Å². The van der Waals surface area contributed by atoms with Gasteiger partial charge in [0, 0.05) is 25.7 Å². The summed E-state index contributed by atoms with van der Waals surface area (Å²) in [6, 6.07) is 7.24. The number of benzene rings is 1. The van der Waals surface area contributed by atoms with Gasteiger partial charge >= 0.3 is 0 Å². The number of aromatic nitrogens is 4. The first kappa shape index (κ1) is 15.5. The first-order valence-corrected chi connectivity index (χ1v) is 7.87. The molecule has 0 aliphatic carbocycles. The molecule has 2 heterocycles. The fraction of sp³-hybridized carbons (Fsp3) is 0.500. The number of aryl methyl sites for hydroxylation is 1. The van der Waals surface area contributed by atoms with Gasteiger partial charge in [0.25, 0.3) is 5.91 Å². The number of hydrogen-bond acceptors (Lipinski definition) is 5. The van der Waals surface area contributed by atoms with Gasteiger partial charge in [0.15, 0.2) is 5.82 Å². The molecule has 1 aromatic carbocycles. The Labute approximate surface area is 135 Å². The van der Waals surface area contributed by atoms with Crippen LogP contribution < -0.4 is 4.74 Å². The van der Waals surface area contributed by atoms with Crippen molar-refractivity contribution in [1.29, 1.82) is 0 Å². The highest BCUT2D eigenvalue weighted by Gasteiger charge is 2.21. The third-order valence-electron chi connectivity index (χ3n) is 4.12. The molecule has 1 aliphatic heterocycles. The molecule has 0 bridgehead atoms. The SMILES string of the molecule is C[C@H]1CCCN(C(=O)c2ccc(OCc3nnnn3C)cc2)C1. The van der Waals surface area contributed by atoms with E-state index in [0.29, 0.717) is 29.7 Å². The highest BCUT2D eigenvalue weighted by atomic mass is 16.5. The summed E-state index contributed by atoms with van der Waals surface area (Å²) in [5.41, 5.74) is 0.701. The Hall–Kier alpha value is -2.44. The van der Waals surface area contributed by atoms with Crippen LogP contribution in [0.4, 0.5) is 0 Å². The number of carbonyl (C=O) groups excluding carboxylic acids is 1. The Morgan fingerprint density at radius 2 is 2.13 bits per heavy atom. The Balaban J connectivity index is 1.60. The second-order valence-corrected chi connectivity index (χ2v) is 6.03. The number of piperidine rings is 1. The van der Waals surface area contributed by atoms with Crippen molar-refractivity contribution >= 4 is 5.91 Å². The second-order valence-electron chi connectivity index (χ2n) is 6.03. The number of ether oxygens (including phenoxy) is 1. The van der Waals surface area contributed by atoms with Gasteiger partial charge in [-0.3, -0.25) is 4.79 Å². The molecule has 7 nitrogen and oxygen atoms in total. The molecule has 1 fully saturated rings. The molecular formula is C16H21N5O2. The molecule has 0 unspecified atom stereocenters.